The fraction of sp³-hybridized carbons (Fsp3) is 0.450. The van der Waals surface area contributed by atoms with Gasteiger partial charge in [-0.1, -0.05) is 6.07 Å². The predicted molar refractivity (Wildman–Crippen MR) is 102 cm³/mol. The van der Waals surface area contributed by atoms with E-state index < -0.39 is 0 Å². The van der Waals surface area contributed by atoms with E-state index in [4.69, 9.17) is 0 Å². The molecule has 6 heteroatoms. The first-order chi connectivity index (χ1) is 12.6. The second-order valence-electron chi connectivity index (χ2n) is 7.32. The van der Waals surface area contributed by atoms with Gasteiger partial charge in [-0.15, -0.1) is 0 Å². The summed E-state index contributed by atoms with van der Waals surface area (Å²) < 4.78 is 2.14. The average molecular weight is 350 g/mol. The monoisotopic (exact) mass is 350 g/mol. The lowest BCUT2D eigenvalue weighted by molar-refractivity contribution is 0.271. The molecule has 1 saturated heterocycles. The number of pyridine rings is 1. The van der Waals surface area contributed by atoms with Crippen LogP contribution in [0.1, 0.15) is 35.1 Å². The van der Waals surface area contributed by atoms with Crippen molar-refractivity contribution >= 4 is 5.78 Å². The Balaban J connectivity index is 1.45. The molecule has 3 aromatic rings. The maximum Gasteiger partial charge on any atom is 0.234 e. The molecule has 0 bridgehead atoms. The SMILES string of the molecule is Cc1cc(C)n2c(CNC[C@@H]3CCN(C)[C@H]3c3cccnc3)cnc2n1. The number of rotatable bonds is 5. The third kappa shape index (κ3) is 3.22. The van der Waals surface area contributed by atoms with E-state index in [1.54, 1.807) is 0 Å². The summed E-state index contributed by atoms with van der Waals surface area (Å²) in [5.41, 5.74) is 4.66. The van der Waals surface area contributed by atoms with Gasteiger partial charge in [0.15, 0.2) is 0 Å². The first-order valence-electron chi connectivity index (χ1n) is 9.25. The highest BCUT2D eigenvalue weighted by atomic mass is 15.2. The minimum atomic E-state index is 0.435. The number of hydrogen-bond acceptors (Lipinski definition) is 5. The van der Waals surface area contributed by atoms with Crippen molar-refractivity contribution < 1.29 is 0 Å². The maximum atomic E-state index is 4.51. The number of fused-ring (bicyclic) bond motifs is 1. The van der Waals surface area contributed by atoms with Gasteiger partial charge in [0.1, 0.15) is 0 Å². The lowest BCUT2D eigenvalue weighted by Crippen LogP contribution is -2.28. The van der Waals surface area contributed by atoms with E-state index in [1.807, 2.05) is 31.6 Å². The highest BCUT2D eigenvalue weighted by molar-refractivity contribution is 5.35. The molecular formula is C20H26N6. The molecule has 0 unspecified atom stereocenters. The molecule has 0 aromatic carbocycles. The first-order valence-corrected chi connectivity index (χ1v) is 9.25. The first kappa shape index (κ1) is 17.1. The summed E-state index contributed by atoms with van der Waals surface area (Å²) in [6.45, 7) is 7.03. The van der Waals surface area contributed by atoms with Crippen LogP contribution in [0.2, 0.25) is 0 Å². The van der Waals surface area contributed by atoms with Crippen LogP contribution in [0.4, 0.5) is 0 Å². The van der Waals surface area contributed by atoms with Gasteiger partial charge < -0.3 is 5.32 Å². The van der Waals surface area contributed by atoms with Crippen molar-refractivity contribution in [3.05, 3.63) is 59.4 Å². The molecule has 26 heavy (non-hydrogen) atoms. The second-order valence-corrected chi connectivity index (χ2v) is 7.32. The molecule has 0 amide bonds. The van der Waals surface area contributed by atoms with E-state index in [-0.39, 0.29) is 0 Å². The van der Waals surface area contributed by atoms with E-state index in [0.717, 1.165) is 36.8 Å². The molecule has 1 fully saturated rings. The highest BCUT2D eigenvalue weighted by Gasteiger charge is 2.32. The van der Waals surface area contributed by atoms with E-state index in [9.17, 15) is 0 Å². The van der Waals surface area contributed by atoms with Crippen LogP contribution in [0.25, 0.3) is 5.78 Å². The molecule has 2 atom stereocenters. The molecule has 0 saturated carbocycles. The fourth-order valence-corrected chi connectivity index (χ4v) is 4.22. The molecular weight excluding hydrogens is 324 g/mol. The van der Waals surface area contributed by atoms with Gasteiger partial charge in [-0.2, -0.15) is 0 Å². The van der Waals surface area contributed by atoms with Crippen molar-refractivity contribution in [3.8, 4) is 0 Å². The lowest BCUT2D eigenvalue weighted by atomic mass is 9.95. The molecule has 0 radical (unpaired) electrons. The zero-order valence-electron chi connectivity index (χ0n) is 15.7. The minimum absolute atomic E-state index is 0.435. The van der Waals surface area contributed by atoms with Crippen molar-refractivity contribution in [1.82, 2.24) is 29.6 Å². The van der Waals surface area contributed by atoms with Gasteiger partial charge >= 0.3 is 0 Å². The zero-order chi connectivity index (χ0) is 18.1. The molecule has 3 aromatic heterocycles. The van der Waals surface area contributed by atoms with Crippen molar-refractivity contribution in [1.29, 1.82) is 0 Å². The average Bonchev–Trinajstić information content (AvgIpc) is 3.19. The predicted octanol–water partition coefficient (Wildman–Crippen LogP) is 2.52. The Kier molecular flexibility index (Phi) is 4.70. The third-order valence-corrected chi connectivity index (χ3v) is 5.38. The number of likely N-dealkylation sites (tertiary alicyclic amines) is 1. The Bertz CT molecular complexity index is 888. The van der Waals surface area contributed by atoms with Crippen molar-refractivity contribution in [2.24, 2.45) is 5.92 Å². The number of imidazole rings is 1. The van der Waals surface area contributed by atoms with Gasteiger partial charge in [0.05, 0.1) is 11.9 Å². The van der Waals surface area contributed by atoms with Gasteiger partial charge in [-0.25, -0.2) is 9.97 Å². The maximum absolute atomic E-state index is 4.51. The molecule has 0 aliphatic carbocycles. The van der Waals surface area contributed by atoms with E-state index in [2.05, 4.69) is 55.7 Å². The van der Waals surface area contributed by atoms with Crippen LogP contribution in [-0.2, 0) is 6.54 Å². The Labute approximate surface area is 154 Å². The number of nitrogens with zero attached hydrogens (tertiary/aromatic N) is 5. The molecule has 4 heterocycles. The summed E-state index contributed by atoms with van der Waals surface area (Å²) in [6, 6.07) is 6.75. The zero-order valence-corrected chi connectivity index (χ0v) is 15.7. The van der Waals surface area contributed by atoms with Crippen LogP contribution in [-0.4, -0.2) is 44.4 Å². The third-order valence-electron chi connectivity index (χ3n) is 5.38. The Hall–Kier alpha value is -2.31. The Morgan fingerprint density at radius 3 is 2.96 bits per heavy atom. The van der Waals surface area contributed by atoms with Gasteiger partial charge in [0, 0.05) is 42.9 Å². The Morgan fingerprint density at radius 2 is 2.15 bits per heavy atom. The quantitative estimate of drug-likeness (QED) is 0.766. The number of aryl methyl sites for hydroxylation is 2. The van der Waals surface area contributed by atoms with Crippen LogP contribution in [0.3, 0.4) is 0 Å². The van der Waals surface area contributed by atoms with Crippen LogP contribution in [0, 0.1) is 19.8 Å². The summed E-state index contributed by atoms with van der Waals surface area (Å²) >= 11 is 0. The number of aromatic nitrogens is 4. The minimum Gasteiger partial charge on any atom is -0.311 e. The largest absolute Gasteiger partial charge is 0.311 e. The van der Waals surface area contributed by atoms with Gasteiger partial charge in [0.2, 0.25) is 5.78 Å². The molecule has 0 spiro atoms. The molecule has 6 nitrogen and oxygen atoms in total. The summed E-state index contributed by atoms with van der Waals surface area (Å²) in [7, 11) is 2.21. The van der Waals surface area contributed by atoms with Gasteiger partial charge in [0.25, 0.3) is 0 Å². The van der Waals surface area contributed by atoms with Crippen molar-refractivity contribution in [3.63, 3.8) is 0 Å². The smallest absolute Gasteiger partial charge is 0.234 e. The fourth-order valence-electron chi connectivity index (χ4n) is 4.22. The highest BCUT2D eigenvalue weighted by Crippen LogP contribution is 2.35. The van der Waals surface area contributed by atoms with Gasteiger partial charge in [-0.05, 0) is 57.5 Å². The molecule has 1 aliphatic heterocycles. The van der Waals surface area contributed by atoms with Crippen LogP contribution >= 0.6 is 0 Å². The molecule has 1 aliphatic rings. The number of nitrogens with one attached hydrogen (secondary N) is 1. The van der Waals surface area contributed by atoms with Crippen molar-refractivity contribution in [2.45, 2.75) is 32.9 Å². The van der Waals surface area contributed by atoms with Crippen LogP contribution in [0.5, 0.6) is 0 Å². The standard InChI is InChI=1S/C20H26N6/c1-14-9-15(2)26-18(13-23-20(26)24-14)12-22-11-17-6-8-25(3)19(17)16-5-4-7-21-10-16/h4-5,7,9-10,13,17,19,22H,6,8,11-12H2,1-3H3/t17-,19-/m0/s1. The summed E-state index contributed by atoms with van der Waals surface area (Å²) in [5, 5.41) is 3.65. The normalized spacial score (nSPS) is 20.9. The Morgan fingerprint density at radius 1 is 1.27 bits per heavy atom. The van der Waals surface area contributed by atoms with Crippen LogP contribution < -0.4 is 5.32 Å². The topological polar surface area (TPSA) is 58.4 Å². The van der Waals surface area contributed by atoms with E-state index >= 15 is 0 Å². The van der Waals surface area contributed by atoms with Gasteiger partial charge in [-0.3, -0.25) is 14.3 Å². The lowest BCUT2D eigenvalue weighted by Gasteiger charge is -2.25. The molecule has 136 valence electrons. The summed E-state index contributed by atoms with van der Waals surface area (Å²) in [6.07, 6.45) is 6.98. The van der Waals surface area contributed by atoms with Crippen molar-refractivity contribution in [2.75, 3.05) is 20.1 Å². The molecule has 4 rings (SSSR count). The van der Waals surface area contributed by atoms with E-state index in [0.29, 0.717) is 12.0 Å². The van der Waals surface area contributed by atoms with Crippen LogP contribution in [0.15, 0.2) is 36.8 Å². The second kappa shape index (κ2) is 7.13. The number of hydrogen-bond donors (Lipinski definition) is 1. The summed E-state index contributed by atoms with van der Waals surface area (Å²) in [5.74, 6) is 1.37. The summed E-state index contributed by atoms with van der Waals surface area (Å²) in [4.78, 5) is 15.7. The van der Waals surface area contributed by atoms with E-state index in [1.165, 1.54) is 17.7 Å². The molecule has 1 N–H and O–H groups in total.